The van der Waals surface area contributed by atoms with Crippen LogP contribution in [0, 0.1) is 0 Å². The van der Waals surface area contributed by atoms with Gasteiger partial charge in [0.05, 0.1) is 4.90 Å². The second-order valence-corrected chi connectivity index (χ2v) is 8.42. The summed E-state index contributed by atoms with van der Waals surface area (Å²) in [6.45, 7) is 1.79. The van der Waals surface area contributed by atoms with Crippen molar-refractivity contribution in [2.75, 3.05) is 11.1 Å². The SMILES string of the molecule is CCSS(=O)(=O)c1ccc(NC(=O)c2ccccc2)cc1. The molecule has 0 aliphatic rings. The minimum absolute atomic E-state index is 0.228. The predicted molar refractivity (Wildman–Crippen MR) is 86.2 cm³/mol. The standard InChI is InChI=1S/C15H15NO3S2/c1-2-20-21(18,19)14-10-8-13(9-11-14)16-15(17)12-6-4-3-5-7-12/h3-11H,2H2,1H3,(H,16,17). The number of carbonyl (C=O) groups is 1. The first kappa shape index (κ1) is 15.6. The maximum absolute atomic E-state index is 12.0. The fourth-order valence-corrected chi connectivity index (χ4v) is 4.31. The van der Waals surface area contributed by atoms with E-state index in [1.807, 2.05) is 6.07 Å². The first-order chi connectivity index (χ1) is 10.0. The Labute approximate surface area is 127 Å². The number of carbonyl (C=O) groups excluding carboxylic acids is 1. The summed E-state index contributed by atoms with van der Waals surface area (Å²) in [5, 5.41) is 2.73. The van der Waals surface area contributed by atoms with Crippen molar-refractivity contribution in [2.45, 2.75) is 11.8 Å². The minimum atomic E-state index is -3.30. The first-order valence-electron chi connectivity index (χ1n) is 6.39. The molecule has 0 radical (unpaired) electrons. The number of rotatable bonds is 5. The molecule has 6 heteroatoms. The minimum Gasteiger partial charge on any atom is -0.322 e. The van der Waals surface area contributed by atoms with E-state index < -0.39 is 8.87 Å². The van der Waals surface area contributed by atoms with Crippen LogP contribution in [0.1, 0.15) is 17.3 Å². The number of amides is 1. The van der Waals surface area contributed by atoms with Crippen LogP contribution in [-0.2, 0) is 8.87 Å². The van der Waals surface area contributed by atoms with E-state index in [9.17, 15) is 13.2 Å². The smallest absolute Gasteiger partial charge is 0.255 e. The zero-order chi connectivity index (χ0) is 15.3. The van der Waals surface area contributed by atoms with E-state index in [0.717, 1.165) is 10.8 Å². The molecule has 2 aromatic rings. The van der Waals surface area contributed by atoms with Crippen molar-refractivity contribution in [3.05, 3.63) is 60.2 Å². The van der Waals surface area contributed by atoms with Crippen LogP contribution in [0.4, 0.5) is 5.69 Å². The molecule has 110 valence electrons. The zero-order valence-corrected chi connectivity index (χ0v) is 13.1. The van der Waals surface area contributed by atoms with E-state index >= 15 is 0 Å². The molecule has 0 fully saturated rings. The third-order valence-electron chi connectivity index (χ3n) is 2.71. The zero-order valence-electron chi connectivity index (χ0n) is 11.4. The molecule has 4 nitrogen and oxygen atoms in total. The molecular weight excluding hydrogens is 306 g/mol. The summed E-state index contributed by atoms with van der Waals surface area (Å²) in [4.78, 5) is 12.2. The third-order valence-corrected chi connectivity index (χ3v) is 6.32. The van der Waals surface area contributed by atoms with Gasteiger partial charge in [-0.3, -0.25) is 4.79 Å². The van der Waals surface area contributed by atoms with Gasteiger partial charge >= 0.3 is 0 Å². The molecule has 0 aromatic heterocycles. The topological polar surface area (TPSA) is 63.2 Å². The molecule has 0 bridgehead atoms. The van der Waals surface area contributed by atoms with Crippen molar-refractivity contribution >= 4 is 31.3 Å². The molecule has 0 saturated carbocycles. The lowest BCUT2D eigenvalue weighted by molar-refractivity contribution is 0.102. The summed E-state index contributed by atoms with van der Waals surface area (Å²) in [6, 6.07) is 15.0. The Bertz CT molecular complexity index is 710. The van der Waals surface area contributed by atoms with Gasteiger partial charge in [-0.2, -0.15) is 0 Å². The normalized spacial score (nSPS) is 11.1. The van der Waals surface area contributed by atoms with E-state index in [1.54, 1.807) is 43.3 Å². The number of anilines is 1. The average Bonchev–Trinajstić information content (AvgIpc) is 2.48. The Hall–Kier alpha value is -1.79. The molecule has 0 atom stereocenters. The van der Waals surface area contributed by atoms with Gasteiger partial charge in [0.1, 0.15) is 0 Å². The number of hydrogen-bond donors (Lipinski definition) is 1. The van der Waals surface area contributed by atoms with Gasteiger partial charge in [-0.15, -0.1) is 0 Å². The summed E-state index contributed by atoms with van der Waals surface area (Å²) in [6.07, 6.45) is 0. The van der Waals surface area contributed by atoms with Gasteiger partial charge in [0.2, 0.25) is 8.87 Å². The predicted octanol–water partition coefficient (Wildman–Crippen LogP) is 3.38. The molecule has 0 aliphatic carbocycles. The van der Waals surface area contributed by atoms with E-state index in [4.69, 9.17) is 0 Å². The molecule has 0 aliphatic heterocycles. The second kappa shape index (κ2) is 6.78. The Kier molecular flexibility index (Phi) is 5.03. The van der Waals surface area contributed by atoms with Crippen molar-refractivity contribution in [3.8, 4) is 0 Å². The molecule has 1 amide bonds. The fraction of sp³-hybridized carbons (Fsp3) is 0.133. The maximum Gasteiger partial charge on any atom is 0.255 e. The second-order valence-electron chi connectivity index (χ2n) is 4.21. The highest BCUT2D eigenvalue weighted by Gasteiger charge is 2.14. The van der Waals surface area contributed by atoms with Crippen molar-refractivity contribution in [1.82, 2.24) is 0 Å². The molecule has 2 aromatic carbocycles. The van der Waals surface area contributed by atoms with Crippen molar-refractivity contribution in [2.24, 2.45) is 0 Å². The lowest BCUT2D eigenvalue weighted by atomic mass is 10.2. The van der Waals surface area contributed by atoms with Gasteiger partial charge < -0.3 is 5.32 Å². The van der Waals surface area contributed by atoms with Crippen LogP contribution in [0.5, 0.6) is 0 Å². The average molecular weight is 321 g/mol. The summed E-state index contributed by atoms with van der Waals surface area (Å²) < 4.78 is 23.7. The fourth-order valence-electron chi connectivity index (χ4n) is 1.72. The van der Waals surface area contributed by atoms with Gasteiger partial charge in [0.15, 0.2) is 0 Å². The molecule has 21 heavy (non-hydrogen) atoms. The molecule has 2 rings (SSSR count). The van der Waals surface area contributed by atoms with Crippen LogP contribution in [-0.4, -0.2) is 20.1 Å². The Morgan fingerprint density at radius 2 is 1.67 bits per heavy atom. The highest BCUT2D eigenvalue weighted by molar-refractivity contribution is 8.72. The van der Waals surface area contributed by atoms with Crippen molar-refractivity contribution in [3.63, 3.8) is 0 Å². The quantitative estimate of drug-likeness (QED) is 0.858. The van der Waals surface area contributed by atoms with Crippen LogP contribution < -0.4 is 5.32 Å². The Morgan fingerprint density at radius 1 is 1.05 bits per heavy atom. The van der Waals surface area contributed by atoms with E-state index in [2.05, 4.69) is 5.32 Å². The lowest BCUT2D eigenvalue weighted by Gasteiger charge is -2.07. The maximum atomic E-state index is 12.0. The summed E-state index contributed by atoms with van der Waals surface area (Å²) in [5.74, 6) is 0.267. The van der Waals surface area contributed by atoms with Gasteiger partial charge in [-0.1, -0.05) is 25.1 Å². The van der Waals surface area contributed by atoms with Crippen LogP contribution in [0.15, 0.2) is 59.5 Å². The molecule has 0 unspecified atom stereocenters. The Morgan fingerprint density at radius 3 is 2.24 bits per heavy atom. The third kappa shape index (κ3) is 4.09. The lowest BCUT2D eigenvalue weighted by Crippen LogP contribution is -2.11. The van der Waals surface area contributed by atoms with Gasteiger partial charge in [0, 0.05) is 17.0 Å². The molecule has 0 spiro atoms. The largest absolute Gasteiger partial charge is 0.322 e. The van der Waals surface area contributed by atoms with Gasteiger partial charge in [0.25, 0.3) is 5.91 Å². The van der Waals surface area contributed by atoms with Crippen molar-refractivity contribution in [1.29, 1.82) is 0 Å². The number of nitrogens with one attached hydrogen (secondary N) is 1. The summed E-state index contributed by atoms with van der Waals surface area (Å²) in [7, 11) is -2.42. The molecule has 0 saturated heterocycles. The van der Waals surface area contributed by atoms with Crippen LogP contribution in [0.25, 0.3) is 0 Å². The highest BCUT2D eigenvalue weighted by Crippen LogP contribution is 2.24. The van der Waals surface area contributed by atoms with Crippen molar-refractivity contribution < 1.29 is 13.2 Å². The van der Waals surface area contributed by atoms with Crippen LogP contribution in [0.3, 0.4) is 0 Å². The van der Waals surface area contributed by atoms with E-state index in [0.29, 0.717) is 17.0 Å². The molecule has 1 N–H and O–H groups in total. The molecular formula is C15H15NO3S2. The molecule has 0 heterocycles. The van der Waals surface area contributed by atoms with E-state index in [-0.39, 0.29) is 10.8 Å². The number of hydrogen-bond acceptors (Lipinski definition) is 4. The monoisotopic (exact) mass is 321 g/mol. The van der Waals surface area contributed by atoms with Gasteiger partial charge in [-0.25, -0.2) is 8.42 Å². The number of benzene rings is 2. The summed E-state index contributed by atoms with van der Waals surface area (Å²) >= 11 is 0. The Balaban J connectivity index is 2.12. The van der Waals surface area contributed by atoms with E-state index in [1.165, 1.54) is 12.1 Å². The van der Waals surface area contributed by atoms with Gasteiger partial charge in [-0.05, 0) is 47.2 Å². The highest BCUT2D eigenvalue weighted by atomic mass is 33.1. The summed E-state index contributed by atoms with van der Waals surface area (Å²) in [5.41, 5.74) is 1.11. The van der Waals surface area contributed by atoms with Crippen LogP contribution in [0.2, 0.25) is 0 Å². The van der Waals surface area contributed by atoms with Crippen LogP contribution >= 0.6 is 10.8 Å². The first-order valence-corrected chi connectivity index (χ1v) is 9.37.